The first-order valence-electron chi connectivity index (χ1n) is 6.50. The smallest absolute Gasteiger partial charge is 0.234 e. The van der Waals surface area contributed by atoms with Crippen molar-refractivity contribution < 1.29 is 9.18 Å². The fourth-order valence-corrected chi connectivity index (χ4v) is 2.62. The first kappa shape index (κ1) is 15.4. The van der Waals surface area contributed by atoms with Gasteiger partial charge in [-0.2, -0.15) is 0 Å². The number of thioether (sulfide) groups is 1. The molecule has 110 valence electrons. The lowest BCUT2D eigenvalue weighted by Crippen LogP contribution is -2.15. The van der Waals surface area contributed by atoms with Gasteiger partial charge < -0.3 is 11.1 Å². The highest BCUT2D eigenvalue weighted by Crippen LogP contribution is 2.26. The fourth-order valence-electron chi connectivity index (χ4n) is 1.83. The summed E-state index contributed by atoms with van der Waals surface area (Å²) < 4.78 is 13.1. The van der Waals surface area contributed by atoms with Crippen LogP contribution in [0.4, 0.5) is 15.8 Å². The van der Waals surface area contributed by atoms with Crippen molar-refractivity contribution in [3.8, 4) is 0 Å². The molecule has 0 radical (unpaired) electrons. The molecule has 0 bridgehead atoms. The quantitative estimate of drug-likeness (QED) is 0.668. The number of carbonyl (C=O) groups is 1. The van der Waals surface area contributed by atoms with E-state index in [1.807, 2.05) is 32.0 Å². The molecule has 2 aromatic carbocycles. The number of carbonyl (C=O) groups excluding carboxylic acids is 1. The van der Waals surface area contributed by atoms with Crippen molar-refractivity contribution in [1.82, 2.24) is 0 Å². The highest BCUT2D eigenvalue weighted by Gasteiger charge is 2.08. The third-order valence-corrected chi connectivity index (χ3v) is 4.07. The number of hydrogen-bond donors (Lipinski definition) is 2. The molecule has 1 amide bonds. The van der Waals surface area contributed by atoms with Crippen molar-refractivity contribution in [3.05, 3.63) is 53.3 Å². The molecule has 0 unspecified atom stereocenters. The lowest BCUT2D eigenvalue weighted by atomic mass is 10.1. The number of hydrogen-bond acceptors (Lipinski definition) is 3. The summed E-state index contributed by atoms with van der Waals surface area (Å²) in [6.07, 6.45) is 0. The van der Waals surface area contributed by atoms with Crippen LogP contribution < -0.4 is 11.1 Å². The second-order valence-electron chi connectivity index (χ2n) is 4.84. The minimum absolute atomic E-state index is 0.141. The van der Waals surface area contributed by atoms with Crippen LogP contribution >= 0.6 is 11.8 Å². The Labute approximate surface area is 127 Å². The normalized spacial score (nSPS) is 10.4. The van der Waals surface area contributed by atoms with Crippen molar-refractivity contribution >= 4 is 29.0 Å². The highest BCUT2D eigenvalue weighted by molar-refractivity contribution is 8.00. The van der Waals surface area contributed by atoms with Crippen molar-refractivity contribution in [3.63, 3.8) is 0 Å². The van der Waals surface area contributed by atoms with Gasteiger partial charge in [-0.3, -0.25) is 4.79 Å². The molecule has 2 rings (SSSR count). The van der Waals surface area contributed by atoms with Gasteiger partial charge in [0, 0.05) is 16.3 Å². The second-order valence-corrected chi connectivity index (χ2v) is 5.85. The molecule has 0 saturated heterocycles. The lowest BCUT2D eigenvalue weighted by Gasteiger charge is -2.10. The molecule has 3 N–H and O–H groups in total. The van der Waals surface area contributed by atoms with Crippen molar-refractivity contribution in [2.75, 3.05) is 16.8 Å². The van der Waals surface area contributed by atoms with E-state index < -0.39 is 0 Å². The number of nitrogens with two attached hydrogens (primary N) is 1. The standard InChI is InChI=1S/C16H17FN2OS/c1-10-3-4-11(2)14(7-10)19-16(20)9-21-15-8-12(17)5-6-13(15)18/h3-8H,9,18H2,1-2H3,(H,19,20). The fraction of sp³-hybridized carbons (Fsp3) is 0.188. The summed E-state index contributed by atoms with van der Waals surface area (Å²) in [6.45, 7) is 3.91. The Balaban J connectivity index is 1.99. The van der Waals surface area contributed by atoms with Crippen LogP contribution in [0.1, 0.15) is 11.1 Å². The molecule has 0 atom stereocenters. The van der Waals surface area contributed by atoms with Crippen LogP contribution in [0.15, 0.2) is 41.3 Å². The monoisotopic (exact) mass is 304 g/mol. The predicted molar refractivity (Wildman–Crippen MR) is 86.1 cm³/mol. The SMILES string of the molecule is Cc1ccc(C)c(NC(=O)CSc2cc(F)ccc2N)c1. The Morgan fingerprint density at radius 2 is 2.00 bits per heavy atom. The van der Waals surface area contributed by atoms with Crippen LogP contribution in [-0.4, -0.2) is 11.7 Å². The van der Waals surface area contributed by atoms with Gasteiger partial charge in [0.25, 0.3) is 0 Å². The van der Waals surface area contributed by atoms with Crippen molar-refractivity contribution in [1.29, 1.82) is 0 Å². The number of aryl methyl sites for hydroxylation is 2. The Morgan fingerprint density at radius 3 is 2.76 bits per heavy atom. The Hall–Kier alpha value is -2.01. The van der Waals surface area contributed by atoms with E-state index in [0.717, 1.165) is 16.8 Å². The number of nitrogen functional groups attached to an aromatic ring is 1. The molecule has 5 heteroatoms. The van der Waals surface area contributed by atoms with Crippen molar-refractivity contribution in [2.24, 2.45) is 0 Å². The third kappa shape index (κ3) is 4.23. The maximum atomic E-state index is 13.1. The van der Waals surface area contributed by atoms with E-state index >= 15 is 0 Å². The molecule has 3 nitrogen and oxygen atoms in total. The number of benzene rings is 2. The Morgan fingerprint density at radius 1 is 1.24 bits per heavy atom. The van der Waals surface area contributed by atoms with Gasteiger partial charge in [-0.15, -0.1) is 11.8 Å². The van der Waals surface area contributed by atoms with Gasteiger partial charge in [0.2, 0.25) is 5.91 Å². The molecular weight excluding hydrogens is 287 g/mol. The van der Waals surface area contributed by atoms with Crippen LogP contribution in [0.3, 0.4) is 0 Å². The maximum Gasteiger partial charge on any atom is 0.234 e. The van der Waals surface area contributed by atoms with Gasteiger partial charge in [-0.25, -0.2) is 4.39 Å². The molecule has 2 aromatic rings. The lowest BCUT2D eigenvalue weighted by molar-refractivity contribution is -0.113. The molecule has 21 heavy (non-hydrogen) atoms. The van der Waals surface area contributed by atoms with Gasteiger partial charge in [0.15, 0.2) is 0 Å². The summed E-state index contributed by atoms with van der Waals surface area (Å²) in [7, 11) is 0. The van der Waals surface area contributed by atoms with Gasteiger partial charge in [-0.1, -0.05) is 12.1 Å². The maximum absolute atomic E-state index is 13.1. The van der Waals surface area contributed by atoms with Crippen LogP contribution in [0.5, 0.6) is 0 Å². The molecule has 0 aliphatic heterocycles. The molecular formula is C16H17FN2OS. The zero-order chi connectivity index (χ0) is 15.4. The number of anilines is 2. The van der Waals surface area contributed by atoms with E-state index in [-0.39, 0.29) is 17.5 Å². The second kappa shape index (κ2) is 6.63. The molecule has 0 spiro atoms. The number of nitrogens with one attached hydrogen (secondary N) is 1. The molecule has 0 aromatic heterocycles. The van der Waals surface area contributed by atoms with Gasteiger partial charge in [0.05, 0.1) is 5.75 Å². The summed E-state index contributed by atoms with van der Waals surface area (Å²) in [5, 5.41) is 2.86. The largest absolute Gasteiger partial charge is 0.398 e. The van der Waals surface area contributed by atoms with E-state index in [2.05, 4.69) is 5.32 Å². The van der Waals surface area contributed by atoms with Crippen LogP contribution in [-0.2, 0) is 4.79 Å². The molecule has 0 heterocycles. The average Bonchev–Trinajstić information content (AvgIpc) is 2.44. The topological polar surface area (TPSA) is 55.1 Å². The van der Waals surface area contributed by atoms with E-state index in [4.69, 9.17) is 5.73 Å². The molecule has 0 saturated carbocycles. The van der Waals surface area contributed by atoms with E-state index in [9.17, 15) is 9.18 Å². The predicted octanol–water partition coefficient (Wildman–Crippen LogP) is 3.76. The zero-order valence-electron chi connectivity index (χ0n) is 11.9. The van der Waals surface area contributed by atoms with Gasteiger partial charge in [-0.05, 0) is 49.2 Å². The Kier molecular flexibility index (Phi) is 4.85. The summed E-state index contributed by atoms with van der Waals surface area (Å²) in [4.78, 5) is 12.6. The molecule has 0 aliphatic rings. The third-order valence-electron chi connectivity index (χ3n) is 3.00. The number of halogens is 1. The van der Waals surface area contributed by atoms with Crippen molar-refractivity contribution in [2.45, 2.75) is 18.7 Å². The summed E-state index contributed by atoms with van der Waals surface area (Å²) >= 11 is 1.22. The molecule has 0 aliphatic carbocycles. The summed E-state index contributed by atoms with van der Waals surface area (Å²) in [5.41, 5.74) is 9.11. The minimum Gasteiger partial charge on any atom is -0.398 e. The van der Waals surface area contributed by atoms with E-state index in [1.165, 1.54) is 30.0 Å². The van der Waals surface area contributed by atoms with E-state index in [1.54, 1.807) is 0 Å². The zero-order valence-corrected chi connectivity index (χ0v) is 12.8. The summed E-state index contributed by atoms with van der Waals surface area (Å²) in [6, 6.07) is 10.0. The van der Waals surface area contributed by atoms with Crippen LogP contribution in [0.25, 0.3) is 0 Å². The molecule has 0 fully saturated rings. The minimum atomic E-state index is -0.360. The van der Waals surface area contributed by atoms with E-state index in [0.29, 0.717) is 10.6 Å². The first-order chi connectivity index (χ1) is 9.95. The average molecular weight is 304 g/mol. The number of amides is 1. The summed E-state index contributed by atoms with van der Waals surface area (Å²) in [5.74, 6) is -0.319. The van der Waals surface area contributed by atoms with Gasteiger partial charge in [0.1, 0.15) is 5.82 Å². The van der Waals surface area contributed by atoms with Gasteiger partial charge >= 0.3 is 0 Å². The van der Waals surface area contributed by atoms with Crippen LogP contribution in [0, 0.1) is 19.7 Å². The first-order valence-corrected chi connectivity index (χ1v) is 7.49. The van der Waals surface area contributed by atoms with Crippen LogP contribution in [0.2, 0.25) is 0 Å². The Bertz CT molecular complexity index is 673. The number of rotatable bonds is 4. The highest BCUT2D eigenvalue weighted by atomic mass is 32.2.